The molecule has 0 saturated carbocycles. The van der Waals surface area contributed by atoms with Crippen molar-refractivity contribution in [2.75, 3.05) is 7.11 Å². The number of benzene rings is 3. The van der Waals surface area contributed by atoms with Crippen LogP contribution >= 0.6 is 0 Å². The lowest BCUT2D eigenvalue weighted by atomic mass is 9.98. The molecule has 152 valence electrons. The van der Waals surface area contributed by atoms with Crippen LogP contribution in [0.25, 0.3) is 22.2 Å². The van der Waals surface area contributed by atoms with E-state index in [1.54, 1.807) is 48.5 Å². The molecule has 30 heavy (non-hydrogen) atoms. The number of fused-ring (bicyclic) bond motifs is 1. The van der Waals surface area contributed by atoms with E-state index in [0.717, 1.165) is 17.2 Å². The maximum atomic E-state index is 13.8. The van der Waals surface area contributed by atoms with Gasteiger partial charge in [-0.2, -0.15) is 0 Å². The monoisotopic (exact) mass is 419 g/mol. The van der Waals surface area contributed by atoms with Crippen LogP contribution < -0.4 is 4.74 Å². The number of ether oxygens (including phenoxy) is 1. The zero-order chi connectivity index (χ0) is 21.3. The third kappa shape index (κ3) is 3.09. The predicted molar refractivity (Wildman–Crippen MR) is 117 cm³/mol. The number of rotatable bonds is 6. The van der Waals surface area contributed by atoms with Crippen molar-refractivity contribution in [2.45, 2.75) is 18.2 Å². The molecule has 4 aromatic rings. The van der Waals surface area contributed by atoms with Crippen molar-refractivity contribution in [1.29, 1.82) is 0 Å². The minimum absolute atomic E-state index is 0.152. The number of carbonyl (C=O) groups is 1. The molecular formula is C24H21NO4S. The largest absolute Gasteiger partial charge is 0.496 e. The SMILES string of the molecule is COc1cccc(CC=O)c1-c1c(C)c2ccccc2n1S(=O)(=O)c1ccccc1. The molecule has 0 bridgehead atoms. The minimum Gasteiger partial charge on any atom is -0.496 e. The van der Waals surface area contributed by atoms with Crippen LogP contribution in [0.4, 0.5) is 0 Å². The summed E-state index contributed by atoms with van der Waals surface area (Å²) in [5.41, 5.74) is 3.22. The van der Waals surface area contributed by atoms with Crippen LogP contribution in [0.5, 0.6) is 5.75 Å². The number of hydrogen-bond acceptors (Lipinski definition) is 4. The summed E-state index contributed by atoms with van der Waals surface area (Å²) >= 11 is 0. The molecule has 1 aromatic heterocycles. The van der Waals surface area contributed by atoms with Crippen LogP contribution in [0.3, 0.4) is 0 Å². The van der Waals surface area contributed by atoms with Crippen LogP contribution in [0, 0.1) is 6.92 Å². The highest BCUT2D eigenvalue weighted by Crippen LogP contribution is 2.42. The maximum Gasteiger partial charge on any atom is 0.268 e. The van der Waals surface area contributed by atoms with Gasteiger partial charge in [-0.15, -0.1) is 0 Å². The summed E-state index contributed by atoms with van der Waals surface area (Å²) in [6, 6.07) is 21.1. The number of aryl methyl sites for hydroxylation is 1. The first-order valence-corrected chi connectivity index (χ1v) is 10.9. The fourth-order valence-electron chi connectivity index (χ4n) is 3.88. The van der Waals surface area contributed by atoms with Gasteiger partial charge in [-0.1, -0.05) is 48.5 Å². The van der Waals surface area contributed by atoms with Crippen LogP contribution in [-0.4, -0.2) is 25.8 Å². The molecule has 5 nitrogen and oxygen atoms in total. The van der Waals surface area contributed by atoms with Gasteiger partial charge in [-0.3, -0.25) is 0 Å². The van der Waals surface area contributed by atoms with Crippen LogP contribution in [-0.2, 0) is 21.2 Å². The summed E-state index contributed by atoms with van der Waals surface area (Å²) in [5.74, 6) is 0.518. The first-order chi connectivity index (χ1) is 14.5. The van der Waals surface area contributed by atoms with Gasteiger partial charge < -0.3 is 9.53 Å². The lowest BCUT2D eigenvalue weighted by Gasteiger charge is -2.17. The first-order valence-electron chi connectivity index (χ1n) is 9.51. The molecule has 0 spiro atoms. The van der Waals surface area contributed by atoms with E-state index < -0.39 is 10.0 Å². The number of hydrogen-bond donors (Lipinski definition) is 0. The molecule has 0 amide bonds. The summed E-state index contributed by atoms with van der Waals surface area (Å²) < 4.78 is 34.5. The number of nitrogens with zero attached hydrogens (tertiary/aromatic N) is 1. The van der Waals surface area contributed by atoms with Gasteiger partial charge in [0.25, 0.3) is 10.0 Å². The van der Waals surface area contributed by atoms with Gasteiger partial charge in [0.05, 0.1) is 23.2 Å². The highest BCUT2D eigenvalue weighted by atomic mass is 32.2. The molecule has 0 atom stereocenters. The summed E-state index contributed by atoms with van der Waals surface area (Å²) in [6.07, 6.45) is 0.963. The van der Waals surface area contributed by atoms with Gasteiger partial charge in [0.1, 0.15) is 12.0 Å². The second kappa shape index (κ2) is 7.80. The number of aldehydes is 1. The minimum atomic E-state index is -3.91. The smallest absolute Gasteiger partial charge is 0.268 e. The second-order valence-electron chi connectivity index (χ2n) is 6.94. The summed E-state index contributed by atoms with van der Waals surface area (Å²) in [4.78, 5) is 11.5. The fraction of sp³-hybridized carbons (Fsp3) is 0.125. The highest BCUT2D eigenvalue weighted by Gasteiger charge is 2.28. The molecule has 0 aliphatic rings. The zero-order valence-corrected chi connectivity index (χ0v) is 17.5. The molecule has 0 aliphatic heterocycles. The van der Waals surface area contributed by atoms with Gasteiger partial charge >= 0.3 is 0 Å². The van der Waals surface area contributed by atoms with Gasteiger partial charge in [-0.05, 0) is 42.3 Å². The number of carbonyl (C=O) groups excluding carboxylic acids is 1. The average Bonchev–Trinajstić information content (AvgIpc) is 3.07. The van der Waals surface area contributed by atoms with Crippen molar-refractivity contribution in [3.8, 4) is 17.0 Å². The van der Waals surface area contributed by atoms with E-state index in [4.69, 9.17) is 4.74 Å². The fourth-order valence-corrected chi connectivity index (χ4v) is 5.48. The van der Waals surface area contributed by atoms with Crippen molar-refractivity contribution in [2.24, 2.45) is 0 Å². The standard InChI is InChI=1S/C24H21NO4S/c1-17-20-12-6-7-13-21(20)25(30(27,28)19-10-4-3-5-11-19)24(17)23-18(15-16-26)9-8-14-22(23)29-2/h3-14,16H,15H2,1-2H3. The Hall–Kier alpha value is -3.38. The van der Waals surface area contributed by atoms with E-state index in [0.29, 0.717) is 28.1 Å². The Balaban J connectivity index is 2.18. The van der Waals surface area contributed by atoms with E-state index in [9.17, 15) is 13.2 Å². The lowest BCUT2D eigenvalue weighted by molar-refractivity contribution is -0.107. The van der Waals surface area contributed by atoms with Crippen LogP contribution in [0.1, 0.15) is 11.1 Å². The Labute approximate surface area is 175 Å². The topological polar surface area (TPSA) is 65.4 Å². The number of methoxy groups -OCH3 is 1. The molecule has 4 rings (SSSR count). The van der Waals surface area contributed by atoms with Crippen molar-refractivity contribution in [1.82, 2.24) is 3.97 Å². The third-order valence-electron chi connectivity index (χ3n) is 5.24. The highest BCUT2D eigenvalue weighted by molar-refractivity contribution is 7.90. The quantitative estimate of drug-likeness (QED) is 0.428. The molecule has 0 radical (unpaired) electrons. The van der Waals surface area contributed by atoms with Gasteiger partial charge in [-0.25, -0.2) is 12.4 Å². The maximum absolute atomic E-state index is 13.8. The van der Waals surface area contributed by atoms with Crippen LogP contribution in [0.2, 0.25) is 0 Å². The van der Waals surface area contributed by atoms with Crippen LogP contribution in [0.15, 0.2) is 77.7 Å². The van der Waals surface area contributed by atoms with E-state index in [1.807, 2.05) is 31.2 Å². The predicted octanol–water partition coefficient (Wildman–Crippen LogP) is 4.60. The molecule has 1 heterocycles. The van der Waals surface area contributed by atoms with E-state index in [2.05, 4.69) is 0 Å². The third-order valence-corrected chi connectivity index (χ3v) is 6.97. The molecule has 0 saturated heterocycles. The summed E-state index contributed by atoms with van der Waals surface area (Å²) in [7, 11) is -2.37. The Morgan fingerprint density at radius 2 is 1.63 bits per heavy atom. The molecule has 0 N–H and O–H groups in total. The van der Waals surface area contributed by atoms with Crippen molar-refractivity contribution >= 4 is 27.2 Å². The Kier molecular flexibility index (Phi) is 5.18. The first kappa shape index (κ1) is 19.9. The molecule has 0 unspecified atom stereocenters. The van der Waals surface area contributed by atoms with E-state index in [1.165, 1.54) is 11.1 Å². The zero-order valence-electron chi connectivity index (χ0n) is 16.7. The number of aromatic nitrogens is 1. The van der Waals surface area contributed by atoms with Gasteiger partial charge in [0, 0.05) is 17.4 Å². The summed E-state index contributed by atoms with van der Waals surface area (Å²) in [5, 5.41) is 0.829. The molecule has 6 heteroatoms. The van der Waals surface area contributed by atoms with Gasteiger partial charge in [0.15, 0.2) is 0 Å². The van der Waals surface area contributed by atoms with Crippen molar-refractivity contribution in [3.63, 3.8) is 0 Å². The molecule has 0 fully saturated rings. The van der Waals surface area contributed by atoms with Crippen molar-refractivity contribution in [3.05, 3.63) is 83.9 Å². The van der Waals surface area contributed by atoms with Crippen molar-refractivity contribution < 1.29 is 17.9 Å². The van der Waals surface area contributed by atoms with E-state index >= 15 is 0 Å². The molecular weight excluding hydrogens is 398 g/mol. The molecule has 3 aromatic carbocycles. The average molecular weight is 420 g/mol. The van der Waals surface area contributed by atoms with E-state index in [-0.39, 0.29) is 11.3 Å². The second-order valence-corrected chi connectivity index (χ2v) is 8.73. The lowest BCUT2D eigenvalue weighted by Crippen LogP contribution is -2.15. The Morgan fingerprint density at radius 3 is 2.33 bits per heavy atom. The Bertz CT molecular complexity index is 1340. The molecule has 0 aliphatic carbocycles. The Morgan fingerprint density at radius 1 is 0.933 bits per heavy atom. The van der Waals surface area contributed by atoms with Gasteiger partial charge in [0.2, 0.25) is 0 Å². The number of para-hydroxylation sites is 1. The summed E-state index contributed by atoms with van der Waals surface area (Å²) in [6.45, 7) is 1.89. The normalized spacial score (nSPS) is 11.5.